The monoisotopic (exact) mass is 379 g/mol. The van der Waals surface area contributed by atoms with Crippen molar-refractivity contribution < 1.29 is 14.3 Å². The van der Waals surface area contributed by atoms with Crippen molar-refractivity contribution in [3.63, 3.8) is 0 Å². The van der Waals surface area contributed by atoms with Gasteiger partial charge in [-0.1, -0.05) is 6.07 Å². The first kappa shape index (κ1) is 18.0. The van der Waals surface area contributed by atoms with Gasteiger partial charge in [0, 0.05) is 24.8 Å². The summed E-state index contributed by atoms with van der Waals surface area (Å²) in [4.78, 5) is 26.8. The van der Waals surface area contributed by atoms with Gasteiger partial charge in [-0.3, -0.25) is 14.0 Å². The average molecular weight is 379 g/mol. The number of ether oxygens (including phenoxy) is 1. The van der Waals surface area contributed by atoms with Gasteiger partial charge in [0.1, 0.15) is 5.75 Å². The second kappa shape index (κ2) is 7.30. The van der Waals surface area contributed by atoms with Crippen molar-refractivity contribution in [1.29, 1.82) is 0 Å². The molecule has 1 aliphatic rings. The van der Waals surface area contributed by atoms with Gasteiger partial charge in [0.05, 0.1) is 19.1 Å². The maximum Gasteiger partial charge on any atom is 0.227 e. The predicted molar refractivity (Wildman–Crippen MR) is 103 cm³/mol. The third-order valence-electron chi connectivity index (χ3n) is 4.97. The number of hydrogen-bond donors (Lipinski definition) is 1. The van der Waals surface area contributed by atoms with Crippen LogP contribution in [0.5, 0.6) is 5.75 Å². The number of fused-ring (bicyclic) bond motifs is 1. The van der Waals surface area contributed by atoms with Crippen LogP contribution >= 0.6 is 0 Å². The van der Waals surface area contributed by atoms with Crippen molar-refractivity contribution in [2.75, 3.05) is 18.6 Å². The molecule has 2 aromatic heterocycles. The number of pyridine rings is 1. The highest BCUT2D eigenvalue weighted by Crippen LogP contribution is 2.27. The van der Waals surface area contributed by atoms with Crippen molar-refractivity contribution in [3.8, 4) is 5.75 Å². The predicted octanol–water partition coefficient (Wildman–Crippen LogP) is 1.97. The minimum absolute atomic E-state index is 0.0640. The van der Waals surface area contributed by atoms with Crippen LogP contribution in [0.15, 0.2) is 48.7 Å². The number of aromatic nitrogens is 3. The molecular weight excluding hydrogens is 358 g/mol. The van der Waals surface area contributed by atoms with E-state index in [1.807, 2.05) is 47.9 Å². The van der Waals surface area contributed by atoms with Crippen LogP contribution in [0.25, 0.3) is 5.65 Å². The lowest BCUT2D eigenvalue weighted by atomic mass is 10.1. The van der Waals surface area contributed by atoms with Crippen LogP contribution in [0.3, 0.4) is 0 Å². The Labute approximate surface area is 162 Å². The molecule has 2 amide bonds. The van der Waals surface area contributed by atoms with E-state index in [9.17, 15) is 9.59 Å². The number of amides is 2. The van der Waals surface area contributed by atoms with Gasteiger partial charge in [-0.25, -0.2) is 0 Å². The van der Waals surface area contributed by atoms with Crippen LogP contribution in [-0.4, -0.2) is 40.1 Å². The molecule has 3 heterocycles. The normalized spacial score (nSPS) is 17.7. The van der Waals surface area contributed by atoms with Gasteiger partial charge in [0.25, 0.3) is 0 Å². The van der Waals surface area contributed by atoms with Crippen LogP contribution in [0, 0.1) is 5.92 Å². The van der Waals surface area contributed by atoms with E-state index in [1.54, 1.807) is 24.1 Å². The molecule has 1 aliphatic heterocycles. The lowest BCUT2D eigenvalue weighted by molar-refractivity contribution is -0.126. The molecule has 1 saturated heterocycles. The summed E-state index contributed by atoms with van der Waals surface area (Å²) in [5, 5.41) is 11.3. The Morgan fingerprint density at radius 2 is 2.00 bits per heavy atom. The molecule has 0 saturated carbocycles. The third-order valence-corrected chi connectivity index (χ3v) is 4.97. The molecule has 1 aromatic carbocycles. The molecule has 28 heavy (non-hydrogen) atoms. The summed E-state index contributed by atoms with van der Waals surface area (Å²) < 4.78 is 6.99. The van der Waals surface area contributed by atoms with Crippen molar-refractivity contribution in [3.05, 3.63) is 54.5 Å². The number of carbonyl (C=O) groups is 2. The Bertz CT molecular complexity index is 1010. The quantitative estimate of drug-likeness (QED) is 0.732. The SMILES string of the molecule is COc1ccc(N2CC(C(=O)NC(C)c3nnc4ccccn34)CC2=O)cc1. The zero-order valence-corrected chi connectivity index (χ0v) is 15.7. The Morgan fingerprint density at radius 1 is 1.21 bits per heavy atom. The standard InChI is InChI=1S/C20H21N5O3/c1-13(19-23-22-17-5-3-4-10-24(17)19)21-20(27)14-11-18(26)25(12-14)15-6-8-16(28-2)9-7-15/h3-10,13-14H,11-12H2,1-2H3,(H,21,27). The maximum absolute atomic E-state index is 12.7. The third kappa shape index (κ3) is 3.28. The van der Waals surface area contributed by atoms with Gasteiger partial charge in [-0.15, -0.1) is 10.2 Å². The van der Waals surface area contributed by atoms with Crippen LogP contribution in [-0.2, 0) is 9.59 Å². The van der Waals surface area contributed by atoms with Gasteiger partial charge in [-0.2, -0.15) is 0 Å². The van der Waals surface area contributed by atoms with E-state index in [-0.39, 0.29) is 24.3 Å². The molecule has 0 bridgehead atoms. The molecule has 0 spiro atoms. The van der Waals surface area contributed by atoms with Crippen molar-refractivity contribution in [2.45, 2.75) is 19.4 Å². The lowest BCUT2D eigenvalue weighted by Gasteiger charge is -2.18. The lowest BCUT2D eigenvalue weighted by Crippen LogP contribution is -2.35. The molecule has 3 aromatic rings. The zero-order chi connectivity index (χ0) is 19.7. The number of carbonyl (C=O) groups excluding carboxylic acids is 2. The molecule has 2 atom stereocenters. The fraction of sp³-hybridized carbons (Fsp3) is 0.300. The van der Waals surface area contributed by atoms with E-state index in [4.69, 9.17) is 4.74 Å². The van der Waals surface area contributed by atoms with E-state index in [1.165, 1.54) is 0 Å². The second-order valence-corrected chi connectivity index (χ2v) is 6.82. The van der Waals surface area contributed by atoms with Gasteiger partial charge < -0.3 is 15.0 Å². The van der Waals surface area contributed by atoms with Gasteiger partial charge >= 0.3 is 0 Å². The summed E-state index contributed by atoms with van der Waals surface area (Å²) in [5.41, 5.74) is 1.48. The first-order valence-electron chi connectivity index (χ1n) is 9.11. The number of nitrogens with zero attached hydrogens (tertiary/aromatic N) is 4. The van der Waals surface area contributed by atoms with Crippen molar-refractivity contribution in [1.82, 2.24) is 19.9 Å². The number of anilines is 1. The molecular formula is C20H21N5O3. The number of rotatable bonds is 5. The minimum atomic E-state index is -0.406. The van der Waals surface area contributed by atoms with E-state index in [0.717, 1.165) is 17.1 Å². The Kier molecular flexibility index (Phi) is 4.68. The van der Waals surface area contributed by atoms with Crippen LogP contribution in [0.4, 0.5) is 5.69 Å². The summed E-state index contributed by atoms with van der Waals surface area (Å²) in [6.07, 6.45) is 2.04. The van der Waals surface area contributed by atoms with E-state index >= 15 is 0 Å². The fourth-order valence-corrected chi connectivity index (χ4v) is 3.45. The highest BCUT2D eigenvalue weighted by atomic mass is 16.5. The second-order valence-electron chi connectivity index (χ2n) is 6.82. The highest BCUT2D eigenvalue weighted by molar-refractivity contribution is 6.00. The van der Waals surface area contributed by atoms with Gasteiger partial charge in [0.2, 0.25) is 11.8 Å². The molecule has 144 valence electrons. The molecule has 2 unspecified atom stereocenters. The first-order chi connectivity index (χ1) is 13.6. The van der Waals surface area contributed by atoms with E-state index in [0.29, 0.717) is 12.4 Å². The summed E-state index contributed by atoms with van der Waals surface area (Å²) in [6, 6.07) is 12.5. The van der Waals surface area contributed by atoms with Crippen LogP contribution in [0.1, 0.15) is 25.2 Å². The number of methoxy groups -OCH3 is 1. The Hall–Kier alpha value is -3.42. The topological polar surface area (TPSA) is 88.8 Å². The fourth-order valence-electron chi connectivity index (χ4n) is 3.45. The average Bonchev–Trinajstić information content (AvgIpc) is 3.32. The number of nitrogens with one attached hydrogen (secondary N) is 1. The van der Waals surface area contributed by atoms with Crippen molar-refractivity contribution in [2.24, 2.45) is 5.92 Å². The van der Waals surface area contributed by atoms with E-state index < -0.39 is 5.92 Å². The number of hydrogen-bond acceptors (Lipinski definition) is 5. The maximum atomic E-state index is 12.7. The Morgan fingerprint density at radius 3 is 2.75 bits per heavy atom. The molecule has 1 fully saturated rings. The zero-order valence-electron chi connectivity index (χ0n) is 15.7. The first-order valence-corrected chi connectivity index (χ1v) is 9.11. The highest BCUT2D eigenvalue weighted by Gasteiger charge is 2.35. The summed E-state index contributed by atoms with van der Waals surface area (Å²) in [6.45, 7) is 2.21. The summed E-state index contributed by atoms with van der Waals surface area (Å²) in [5.74, 6) is 0.742. The van der Waals surface area contributed by atoms with Crippen molar-refractivity contribution >= 4 is 23.1 Å². The minimum Gasteiger partial charge on any atom is -0.497 e. The summed E-state index contributed by atoms with van der Waals surface area (Å²) >= 11 is 0. The van der Waals surface area contributed by atoms with Gasteiger partial charge in [-0.05, 0) is 43.3 Å². The largest absolute Gasteiger partial charge is 0.497 e. The molecule has 8 heteroatoms. The number of benzene rings is 1. The molecule has 0 aliphatic carbocycles. The van der Waals surface area contributed by atoms with E-state index in [2.05, 4.69) is 15.5 Å². The molecule has 0 radical (unpaired) electrons. The Balaban J connectivity index is 1.44. The van der Waals surface area contributed by atoms with Crippen LogP contribution in [0.2, 0.25) is 0 Å². The van der Waals surface area contributed by atoms with Gasteiger partial charge in [0.15, 0.2) is 11.5 Å². The molecule has 1 N–H and O–H groups in total. The summed E-state index contributed by atoms with van der Waals surface area (Å²) in [7, 11) is 1.59. The molecule has 4 rings (SSSR count). The molecule has 8 nitrogen and oxygen atoms in total. The smallest absolute Gasteiger partial charge is 0.227 e. The van der Waals surface area contributed by atoms with Crippen LogP contribution < -0.4 is 15.0 Å².